The zero-order chi connectivity index (χ0) is 22.2. The minimum absolute atomic E-state index is 0.0416. The fraction of sp³-hybridized carbons (Fsp3) is 0.579. The van der Waals surface area contributed by atoms with Gasteiger partial charge in [0.25, 0.3) is 5.56 Å². The summed E-state index contributed by atoms with van der Waals surface area (Å²) in [6.45, 7) is 3.09. The van der Waals surface area contributed by atoms with E-state index < -0.39 is 42.7 Å². The van der Waals surface area contributed by atoms with Gasteiger partial charge in [-0.05, 0) is 45.1 Å². The lowest BCUT2D eigenvalue weighted by Gasteiger charge is -2.30. The summed E-state index contributed by atoms with van der Waals surface area (Å²) in [5.41, 5.74) is -0.199. The summed E-state index contributed by atoms with van der Waals surface area (Å²) in [5, 5.41) is 0.163. The number of ether oxygens (including phenoxy) is 1. The van der Waals surface area contributed by atoms with E-state index in [9.17, 15) is 27.6 Å². The highest BCUT2D eigenvalue weighted by molar-refractivity contribution is 7.20. The van der Waals surface area contributed by atoms with Gasteiger partial charge in [-0.15, -0.1) is 11.3 Å². The lowest BCUT2D eigenvalue weighted by molar-refractivity contribution is -0.166. The van der Waals surface area contributed by atoms with Crippen molar-refractivity contribution in [3.8, 4) is 0 Å². The van der Waals surface area contributed by atoms with Crippen molar-refractivity contribution in [3.05, 3.63) is 27.1 Å². The summed E-state index contributed by atoms with van der Waals surface area (Å²) in [6, 6.07) is -0.565. The van der Waals surface area contributed by atoms with Crippen LogP contribution in [0.2, 0.25) is 0 Å². The molecule has 1 unspecified atom stereocenters. The van der Waals surface area contributed by atoms with E-state index in [1.54, 1.807) is 20.8 Å². The van der Waals surface area contributed by atoms with Gasteiger partial charge in [-0.3, -0.25) is 14.2 Å². The van der Waals surface area contributed by atoms with Gasteiger partial charge < -0.3 is 9.64 Å². The molecule has 2 aromatic heterocycles. The van der Waals surface area contributed by atoms with Crippen molar-refractivity contribution in [2.45, 2.75) is 52.4 Å². The van der Waals surface area contributed by atoms with Gasteiger partial charge >= 0.3 is 12.1 Å². The molecule has 3 rings (SSSR count). The van der Waals surface area contributed by atoms with Crippen molar-refractivity contribution in [2.24, 2.45) is 5.92 Å². The predicted molar refractivity (Wildman–Crippen MR) is 105 cm³/mol. The molecule has 0 aromatic carbocycles. The highest BCUT2D eigenvalue weighted by Gasteiger charge is 2.40. The van der Waals surface area contributed by atoms with Gasteiger partial charge in [0.1, 0.15) is 22.8 Å². The van der Waals surface area contributed by atoms with Crippen LogP contribution in [0.25, 0.3) is 10.2 Å². The molecule has 1 amide bonds. The van der Waals surface area contributed by atoms with Crippen molar-refractivity contribution in [1.29, 1.82) is 0 Å². The van der Waals surface area contributed by atoms with E-state index in [1.807, 2.05) is 0 Å². The molecular formula is C19H22F3N3O4S. The molecule has 2 heterocycles. The number of carbonyl (C=O) groups is 2. The summed E-state index contributed by atoms with van der Waals surface area (Å²) in [7, 11) is 0. The second-order valence-electron chi connectivity index (χ2n) is 7.35. The van der Waals surface area contributed by atoms with Crippen molar-refractivity contribution in [1.82, 2.24) is 14.5 Å². The lowest BCUT2D eigenvalue weighted by Crippen LogP contribution is -2.47. The molecule has 0 N–H and O–H groups in total. The predicted octanol–water partition coefficient (Wildman–Crippen LogP) is 3.13. The Kier molecular flexibility index (Phi) is 6.21. The maximum absolute atomic E-state index is 13.0. The average molecular weight is 445 g/mol. The van der Waals surface area contributed by atoms with Crippen molar-refractivity contribution >= 4 is 33.4 Å². The van der Waals surface area contributed by atoms with Crippen LogP contribution < -0.4 is 5.56 Å². The summed E-state index contributed by atoms with van der Waals surface area (Å²) in [5.74, 6) is -1.33. The number of aryl methyl sites for hydroxylation is 1. The molecule has 0 radical (unpaired) electrons. The van der Waals surface area contributed by atoms with Gasteiger partial charge in [-0.25, -0.2) is 9.78 Å². The third-order valence-electron chi connectivity index (χ3n) is 5.15. The van der Waals surface area contributed by atoms with Gasteiger partial charge in [0.05, 0.1) is 18.3 Å². The Morgan fingerprint density at radius 3 is 2.63 bits per heavy atom. The standard InChI is InChI=1S/C19H22F3N3O4S/c1-4-29-18(28)15-10(2)14-16(30-15)23-9-24(17(14)27)7-13(26)25(8-19(20,21)22)11(3)12-5-6-12/h9,11-12H,4-8H2,1-3H3. The third kappa shape index (κ3) is 4.66. The second kappa shape index (κ2) is 8.37. The normalized spacial score (nSPS) is 15.3. The number of fused-ring (bicyclic) bond motifs is 1. The number of alkyl halides is 3. The summed E-state index contributed by atoms with van der Waals surface area (Å²) < 4.78 is 45.0. The molecule has 2 aromatic rings. The Bertz CT molecular complexity index is 1030. The molecule has 164 valence electrons. The first-order chi connectivity index (χ1) is 14.0. The number of amides is 1. The largest absolute Gasteiger partial charge is 0.462 e. The van der Waals surface area contributed by atoms with E-state index in [0.29, 0.717) is 10.4 Å². The molecule has 0 spiro atoms. The van der Waals surface area contributed by atoms with Crippen molar-refractivity contribution < 1.29 is 27.5 Å². The first kappa shape index (κ1) is 22.3. The van der Waals surface area contributed by atoms with Crippen LogP contribution in [-0.4, -0.2) is 51.7 Å². The number of nitrogens with zero attached hydrogens (tertiary/aromatic N) is 3. The molecule has 0 saturated heterocycles. The summed E-state index contributed by atoms with van der Waals surface area (Å²) in [4.78, 5) is 43.1. The molecule has 1 atom stereocenters. The Morgan fingerprint density at radius 2 is 2.07 bits per heavy atom. The minimum atomic E-state index is -4.54. The molecule has 1 aliphatic carbocycles. The molecule has 0 aliphatic heterocycles. The highest BCUT2D eigenvalue weighted by atomic mass is 32.1. The SMILES string of the molecule is CCOC(=O)c1sc2ncn(CC(=O)N(CC(F)(F)F)C(C)C3CC3)c(=O)c2c1C. The van der Waals surface area contributed by atoms with E-state index in [-0.39, 0.29) is 22.8 Å². The topological polar surface area (TPSA) is 81.5 Å². The highest BCUT2D eigenvalue weighted by Crippen LogP contribution is 2.36. The third-order valence-corrected chi connectivity index (χ3v) is 6.33. The zero-order valence-electron chi connectivity index (χ0n) is 16.8. The number of thiophene rings is 1. The first-order valence-corrected chi connectivity index (χ1v) is 10.4. The van der Waals surface area contributed by atoms with Gasteiger partial charge in [0, 0.05) is 6.04 Å². The quantitative estimate of drug-likeness (QED) is 0.612. The number of aromatic nitrogens is 2. The summed E-state index contributed by atoms with van der Waals surface area (Å²) in [6.07, 6.45) is -1.85. The number of halogens is 3. The van der Waals surface area contributed by atoms with Crippen LogP contribution in [-0.2, 0) is 16.1 Å². The molecule has 0 bridgehead atoms. The average Bonchev–Trinajstić information content (AvgIpc) is 3.44. The van der Waals surface area contributed by atoms with Crippen LogP contribution in [0.5, 0.6) is 0 Å². The van der Waals surface area contributed by atoms with Crippen LogP contribution >= 0.6 is 11.3 Å². The van der Waals surface area contributed by atoms with Gasteiger partial charge in [-0.1, -0.05) is 0 Å². The van der Waals surface area contributed by atoms with Gasteiger partial charge in [0.2, 0.25) is 5.91 Å². The first-order valence-electron chi connectivity index (χ1n) is 9.55. The molecule has 11 heteroatoms. The van der Waals surface area contributed by atoms with Crippen molar-refractivity contribution in [2.75, 3.05) is 13.2 Å². The Morgan fingerprint density at radius 1 is 1.40 bits per heavy atom. The fourth-order valence-corrected chi connectivity index (χ4v) is 4.42. The molecule has 7 nitrogen and oxygen atoms in total. The molecular weight excluding hydrogens is 423 g/mol. The Hall–Kier alpha value is -2.43. The van der Waals surface area contributed by atoms with Crippen LogP contribution in [0.4, 0.5) is 13.2 Å². The van der Waals surface area contributed by atoms with Crippen LogP contribution in [0, 0.1) is 12.8 Å². The second-order valence-corrected chi connectivity index (χ2v) is 8.35. The maximum Gasteiger partial charge on any atom is 0.406 e. The number of esters is 1. The summed E-state index contributed by atoms with van der Waals surface area (Å²) >= 11 is 1.00. The minimum Gasteiger partial charge on any atom is -0.462 e. The van der Waals surface area contributed by atoms with Gasteiger partial charge in [0.15, 0.2) is 0 Å². The molecule has 1 fully saturated rings. The molecule has 1 saturated carbocycles. The Labute approximate surface area is 174 Å². The zero-order valence-corrected chi connectivity index (χ0v) is 17.6. The maximum atomic E-state index is 13.0. The smallest absolute Gasteiger partial charge is 0.406 e. The number of rotatable bonds is 7. The van der Waals surface area contributed by atoms with E-state index >= 15 is 0 Å². The van der Waals surface area contributed by atoms with Crippen LogP contribution in [0.1, 0.15) is 41.9 Å². The molecule has 1 aliphatic rings. The van der Waals surface area contributed by atoms with E-state index in [2.05, 4.69) is 4.98 Å². The van der Waals surface area contributed by atoms with Crippen LogP contribution in [0.15, 0.2) is 11.1 Å². The number of hydrogen-bond acceptors (Lipinski definition) is 6. The lowest BCUT2D eigenvalue weighted by atomic mass is 10.1. The van der Waals surface area contributed by atoms with E-state index in [4.69, 9.17) is 4.74 Å². The fourth-order valence-electron chi connectivity index (χ4n) is 3.39. The monoisotopic (exact) mass is 445 g/mol. The Balaban J connectivity index is 1.91. The molecule has 30 heavy (non-hydrogen) atoms. The van der Waals surface area contributed by atoms with Crippen LogP contribution in [0.3, 0.4) is 0 Å². The van der Waals surface area contributed by atoms with Crippen molar-refractivity contribution in [3.63, 3.8) is 0 Å². The number of carbonyl (C=O) groups excluding carboxylic acids is 2. The number of hydrogen-bond donors (Lipinski definition) is 0. The van der Waals surface area contributed by atoms with E-state index in [0.717, 1.165) is 40.0 Å². The van der Waals surface area contributed by atoms with Gasteiger partial charge in [-0.2, -0.15) is 13.2 Å². The van der Waals surface area contributed by atoms with E-state index in [1.165, 1.54) is 0 Å².